The van der Waals surface area contributed by atoms with Crippen molar-refractivity contribution in [1.29, 1.82) is 0 Å². The van der Waals surface area contributed by atoms with Gasteiger partial charge in [0.2, 0.25) is 11.8 Å². The van der Waals surface area contributed by atoms with Crippen LogP contribution >= 0.6 is 0 Å². The Morgan fingerprint density at radius 3 is 2.50 bits per heavy atom. The van der Waals surface area contributed by atoms with Crippen LogP contribution < -0.4 is 10.6 Å². The maximum Gasteiger partial charge on any atom is 0.233 e. The zero-order chi connectivity index (χ0) is 13.2. The minimum atomic E-state index is 0.00210. The maximum atomic E-state index is 11.8. The summed E-state index contributed by atoms with van der Waals surface area (Å²) in [5, 5.41) is 5.79. The molecule has 0 saturated carbocycles. The number of piperidine rings is 1. The van der Waals surface area contributed by atoms with Crippen LogP contribution in [0.25, 0.3) is 0 Å². The third-order valence-electron chi connectivity index (χ3n) is 3.08. The monoisotopic (exact) mass is 255 g/mol. The zero-order valence-corrected chi connectivity index (χ0v) is 11.3. The summed E-state index contributed by atoms with van der Waals surface area (Å²) in [4.78, 5) is 25.0. The molecule has 0 bridgehead atoms. The summed E-state index contributed by atoms with van der Waals surface area (Å²) >= 11 is 0. The molecule has 104 valence electrons. The Labute approximate surface area is 109 Å². The molecule has 5 nitrogen and oxygen atoms in total. The number of nitrogens with zero attached hydrogens (tertiary/aromatic N) is 1. The lowest BCUT2D eigenvalue weighted by Gasteiger charge is -2.26. The minimum absolute atomic E-state index is 0.00210. The van der Waals surface area contributed by atoms with Crippen molar-refractivity contribution >= 4 is 11.8 Å². The Morgan fingerprint density at radius 1 is 1.11 bits per heavy atom. The van der Waals surface area contributed by atoms with Gasteiger partial charge in [0, 0.05) is 32.6 Å². The van der Waals surface area contributed by atoms with Gasteiger partial charge in [0.1, 0.15) is 0 Å². The van der Waals surface area contributed by atoms with Crippen molar-refractivity contribution in [2.75, 3.05) is 32.7 Å². The highest BCUT2D eigenvalue weighted by Gasteiger charge is 2.15. The van der Waals surface area contributed by atoms with E-state index in [1.807, 2.05) is 11.8 Å². The van der Waals surface area contributed by atoms with E-state index in [-0.39, 0.29) is 11.8 Å². The SMILES string of the molecule is CCCNC(=O)CNCCC(=O)N1CCCCC1. The first-order valence-corrected chi connectivity index (χ1v) is 6.99. The molecule has 0 aromatic heterocycles. The van der Waals surface area contributed by atoms with Gasteiger partial charge in [0.15, 0.2) is 0 Å². The molecule has 5 heteroatoms. The van der Waals surface area contributed by atoms with Crippen molar-refractivity contribution in [3.8, 4) is 0 Å². The van der Waals surface area contributed by atoms with Crippen molar-refractivity contribution in [3.63, 3.8) is 0 Å². The molecule has 2 N–H and O–H groups in total. The Kier molecular flexibility index (Phi) is 7.41. The van der Waals surface area contributed by atoms with E-state index in [2.05, 4.69) is 10.6 Å². The number of carbonyl (C=O) groups is 2. The van der Waals surface area contributed by atoms with Crippen molar-refractivity contribution in [3.05, 3.63) is 0 Å². The fraction of sp³-hybridized carbons (Fsp3) is 0.846. The number of hydrogen-bond donors (Lipinski definition) is 2. The predicted molar refractivity (Wildman–Crippen MR) is 71.2 cm³/mol. The smallest absolute Gasteiger partial charge is 0.233 e. The number of likely N-dealkylation sites (tertiary alicyclic amines) is 1. The van der Waals surface area contributed by atoms with Gasteiger partial charge in [0.25, 0.3) is 0 Å². The zero-order valence-electron chi connectivity index (χ0n) is 11.3. The van der Waals surface area contributed by atoms with Gasteiger partial charge in [-0.05, 0) is 25.7 Å². The van der Waals surface area contributed by atoms with Gasteiger partial charge in [-0.2, -0.15) is 0 Å². The standard InChI is InChI=1S/C13H25N3O2/c1-2-7-15-12(17)11-14-8-6-13(18)16-9-4-3-5-10-16/h14H,2-11H2,1H3,(H,15,17). The third kappa shape index (κ3) is 6.00. The summed E-state index contributed by atoms with van der Waals surface area (Å²) in [7, 11) is 0. The largest absolute Gasteiger partial charge is 0.355 e. The van der Waals surface area contributed by atoms with Crippen molar-refractivity contribution < 1.29 is 9.59 Å². The second kappa shape index (κ2) is 8.91. The lowest BCUT2D eigenvalue weighted by molar-refractivity contribution is -0.132. The molecule has 2 amide bonds. The molecule has 1 heterocycles. The molecule has 0 radical (unpaired) electrons. The minimum Gasteiger partial charge on any atom is -0.355 e. The van der Waals surface area contributed by atoms with Crippen LogP contribution in [0.1, 0.15) is 39.0 Å². The van der Waals surface area contributed by atoms with Gasteiger partial charge in [-0.25, -0.2) is 0 Å². The predicted octanol–water partition coefficient (Wildman–Crippen LogP) is 0.505. The summed E-state index contributed by atoms with van der Waals surface area (Å²) < 4.78 is 0. The molecule has 1 fully saturated rings. The molecular formula is C13H25N3O2. The van der Waals surface area contributed by atoms with E-state index in [1.165, 1.54) is 6.42 Å². The van der Waals surface area contributed by atoms with Crippen LogP contribution in [0.5, 0.6) is 0 Å². The fourth-order valence-electron chi connectivity index (χ4n) is 2.03. The van der Waals surface area contributed by atoms with E-state index >= 15 is 0 Å². The third-order valence-corrected chi connectivity index (χ3v) is 3.08. The number of carbonyl (C=O) groups excluding carboxylic acids is 2. The molecule has 0 atom stereocenters. The van der Waals surface area contributed by atoms with Crippen LogP contribution in [0.3, 0.4) is 0 Å². The highest BCUT2D eigenvalue weighted by molar-refractivity contribution is 5.78. The molecule has 1 aliphatic heterocycles. The molecule has 1 aliphatic rings. The van der Waals surface area contributed by atoms with Crippen LogP contribution in [-0.4, -0.2) is 49.4 Å². The van der Waals surface area contributed by atoms with E-state index in [4.69, 9.17) is 0 Å². The average Bonchev–Trinajstić information content (AvgIpc) is 2.42. The van der Waals surface area contributed by atoms with Crippen LogP contribution in [0.2, 0.25) is 0 Å². The Bertz CT molecular complexity index is 263. The van der Waals surface area contributed by atoms with Crippen molar-refractivity contribution in [2.24, 2.45) is 0 Å². The molecule has 1 saturated heterocycles. The molecule has 0 aliphatic carbocycles. The Balaban J connectivity index is 2.02. The average molecular weight is 255 g/mol. The molecule has 1 rings (SSSR count). The maximum absolute atomic E-state index is 11.8. The van der Waals surface area contributed by atoms with Gasteiger partial charge in [-0.3, -0.25) is 9.59 Å². The lowest BCUT2D eigenvalue weighted by atomic mass is 10.1. The number of hydrogen-bond acceptors (Lipinski definition) is 3. The van der Waals surface area contributed by atoms with E-state index in [0.29, 0.717) is 26.1 Å². The first kappa shape index (κ1) is 15.0. The highest BCUT2D eigenvalue weighted by atomic mass is 16.2. The Hall–Kier alpha value is -1.10. The van der Waals surface area contributed by atoms with Crippen LogP contribution in [0.4, 0.5) is 0 Å². The van der Waals surface area contributed by atoms with E-state index in [1.54, 1.807) is 0 Å². The summed E-state index contributed by atoms with van der Waals surface area (Å²) in [6, 6.07) is 0. The molecule has 0 aromatic rings. The van der Waals surface area contributed by atoms with E-state index < -0.39 is 0 Å². The summed E-state index contributed by atoms with van der Waals surface area (Å²) in [6.45, 7) is 5.41. The van der Waals surface area contributed by atoms with Crippen LogP contribution in [0, 0.1) is 0 Å². The first-order valence-electron chi connectivity index (χ1n) is 6.99. The first-order chi connectivity index (χ1) is 8.74. The van der Waals surface area contributed by atoms with Crippen molar-refractivity contribution in [2.45, 2.75) is 39.0 Å². The van der Waals surface area contributed by atoms with E-state index in [0.717, 1.165) is 32.4 Å². The molecule has 0 unspecified atom stereocenters. The summed E-state index contributed by atoms with van der Waals surface area (Å²) in [5.74, 6) is 0.207. The number of rotatable bonds is 7. The molecular weight excluding hydrogens is 230 g/mol. The molecule has 0 aromatic carbocycles. The lowest BCUT2D eigenvalue weighted by Crippen LogP contribution is -2.39. The van der Waals surface area contributed by atoms with E-state index in [9.17, 15) is 9.59 Å². The highest BCUT2D eigenvalue weighted by Crippen LogP contribution is 2.09. The summed E-state index contributed by atoms with van der Waals surface area (Å²) in [6.07, 6.45) is 4.91. The van der Waals surface area contributed by atoms with Gasteiger partial charge in [-0.1, -0.05) is 6.92 Å². The fourth-order valence-corrected chi connectivity index (χ4v) is 2.03. The Morgan fingerprint density at radius 2 is 1.83 bits per heavy atom. The second-order valence-electron chi connectivity index (χ2n) is 4.72. The molecule has 18 heavy (non-hydrogen) atoms. The topological polar surface area (TPSA) is 61.4 Å². The number of amides is 2. The van der Waals surface area contributed by atoms with Crippen molar-refractivity contribution in [1.82, 2.24) is 15.5 Å². The van der Waals surface area contributed by atoms with Gasteiger partial charge < -0.3 is 15.5 Å². The van der Waals surface area contributed by atoms with Crippen LogP contribution in [0.15, 0.2) is 0 Å². The van der Waals surface area contributed by atoms with Crippen LogP contribution in [-0.2, 0) is 9.59 Å². The number of nitrogens with one attached hydrogen (secondary N) is 2. The van der Waals surface area contributed by atoms with Gasteiger partial charge in [-0.15, -0.1) is 0 Å². The normalized spacial score (nSPS) is 15.5. The quantitative estimate of drug-likeness (QED) is 0.651. The summed E-state index contributed by atoms with van der Waals surface area (Å²) in [5.41, 5.74) is 0. The molecule has 0 spiro atoms. The second-order valence-corrected chi connectivity index (χ2v) is 4.72. The van der Waals surface area contributed by atoms with Gasteiger partial charge >= 0.3 is 0 Å². The van der Waals surface area contributed by atoms with Gasteiger partial charge in [0.05, 0.1) is 6.54 Å².